The maximum absolute atomic E-state index is 12.2. The highest BCUT2D eigenvalue weighted by Crippen LogP contribution is 2.00. The second-order valence-electron chi connectivity index (χ2n) is 2.10. The molecular weight excluding hydrogens is 133 g/mol. The van der Waals surface area contributed by atoms with Crippen LogP contribution in [0.2, 0.25) is 0 Å². The zero-order valence-electron chi connectivity index (χ0n) is 5.87. The van der Waals surface area contributed by atoms with Crippen molar-refractivity contribution < 1.29 is 4.39 Å². The standard InChI is InChI=1S/C6H8FN3/c1-10(2)6-8-3-5(7)4-9-6/h3-4H,1-2H3. The number of rotatable bonds is 1. The molecule has 0 unspecified atom stereocenters. The first-order chi connectivity index (χ1) is 4.70. The van der Waals surface area contributed by atoms with E-state index in [0.717, 1.165) is 12.4 Å². The summed E-state index contributed by atoms with van der Waals surface area (Å²) in [6, 6.07) is 0. The Morgan fingerprint density at radius 3 is 2.20 bits per heavy atom. The van der Waals surface area contributed by atoms with E-state index >= 15 is 0 Å². The monoisotopic (exact) mass is 141 g/mol. The molecule has 0 amide bonds. The van der Waals surface area contributed by atoms with Gasteiger partial charge in [0.1, 0.15) is 0 Å². The van der Waals surface area contributed by atoms with Gasteiger partial charge in [-0.3, -0.25) is 0 Å². The lowest BCUT2D eigenvalue weighted by Gasteiger charge is -2.07. The van der Waals surface area contributed by atoms with Gasteiger partial charge in [-0.2, -0.15) is 0 Å². The normalized spacial score (nSPS) is 9.50. The van der Waals surface area contributed by atoms with Crippen LogP contribution in [-0.2, 0) is 0 Å². The lowest BCUT2D eigenvalue weighted by atomic mass is 10.6. The number of halogens is 1. The average Bonchev–Trinajstić information content (AvgIpc) is 1.88. The Hall–Kier alpha value is -1.19. The Balaban J connectivity index is 2.89. The first-order valence-electron chi connectivity index (χ1n) is 2.85. The summed E-state index contributed by atoms with van der Waals surface area (Å²) >= 11 is 0. The molecule has 10 heavy (non-hydrogen) atoms. The number of anilines is 1. The number of hydrogen-bond acceptors (Lipinski definition) is 3. The molecule has 0 aliphatic rings. The molecule has 4 heteroatoms. The summed E-state index contributed by atoms with van der Waals surface area (Å²) < 4.78 is 12.2. The number of aromatic nitrogens is 2. The van der Waals surface area contributed by atoms with Crippen molar-refractivity contribution in [2.24, 2.45) is 0 Å². The van der Waals surface area contributed by atoms with Gasteiger partial charge in [0, 0.05) is 14.1 Å². The van der Waals surface area contributed by atoms with Crippen LogP contribution in [0.1, 0.15) is 0 Å². The zero-order chi connectivity index (χ0) is 7.56. The van der Waals surface area contributed by atoms with Crippen LogP contribution < -0.4 is 4.90 Å². The summed E-state index contributed by atoms with van der Waals surface area (Å²) in [5.41, 5.74) is 0. The minimum Gasteiger partial charge on any atom is -0.347 e. The Kier molecular flexibility index (Phi) is 1.80. The van der Waals surface area contributed by atoms with Crippen LogP contribution in [-0.4, -0.2) is 24.1 Å². The topological polar surface area (TPSA) is 29.0 Å². The third kappa shape index (κ3) is 1.40. The predicted octanol–water partition coefficient (Wildman–Crippen LogP) is 0.682. The van der Waals surface area contributed by atoms with Gasteiger partial charge < -0.3 is 4.90 Å². The van der Waals surface area contributed by atoms with E-state index in [0.29, 0.717) is 5.95 Å². The minimum absolute atomic E-state index is 0.411. The van der Waals surface area contributed by atoms with Gasteiger partial charge in [-0.25, -0.2) is 14.4 Å². The molecule has 1 aromatic heterocycles. The third-order valence-corrected chi connectivity index (χ3v) is 1.01. The van der Waals surface area contributed by atoms with Crippen molar-refractivity contribution in [1.82, 2.24) is 9.97 Å². The van der Waals surface area contributed by atoms with Crippen molar-refractivity contribution in [3.63, 3.8) is 0 Å². The molecule has 0 spiro atoms. The maximum Gasteiger partial charge on any atom is 0.224 e. The molecular formula is C6H8FN3. The highest BCUT2D eigenvalue weighted by molar-refractivity contribution is 5.24. The molecule has 1 heterocycles. The van der Waals surface area contributed by atoms with Gasteiger partial charge >= 0.3 is 0 Å². The van der Waals surface area contributed by atoms with E-state index in [1.807, 2.05) is 0 Å². The molecule has 0 N–H and O–H groups in total. The van der Waals surface area contributed by atoms with Crippen LogP contribution in [0.4, 0.5) is 10.3 Å². The van der Waals surface area contributed by atoms with E-state index in [9.17, 15) is 4.39 Å². The Labute approximate surface area is 58.5 Å². The minimum atomic E-state index is -0.411. The molecule has 0 atom stereocenters. The summed E-state index contributed by atoms with van der Waals surface area (Å²) in [7, 11) is 3.60. The molecule has 3 nitrogen and oxygen atoms in total. The molecule has 54 valence electrons. The molecule has 1 aromatic rings. The van der Waals surface area contributed by atoms with Crippen LogP contribution in [0, 0.1) is 5.82 Å². The molecule has 0 aliphatic heterocycles. The fourth-order valence-corrected chi connectivity index (χ4v) is 0.536. The van der Waals surface area contributed by atoms with Gasteiger partial charge in [0.15, 0.2) is 5.82 Å². The predicted molar refractivity (Wildman–Crippen MR) is 36.3 cm³/mol. The van der Waals surface area contributed by atoms with E-state index in [1.54, 1.807) is 19.0 Å². The zero-order valence-corrected chi connectivity index (χ0v) is 5.87. The summed E-state index contributed by atoms with van der Waals surface area (Å²) in [4.78, 5) is 9.14. The lowest BCUT2D eigenvalue weighted by Crippen LogP contribution is -2.12. The van der Waals surface area contributed by atoms with E-state index in [1.165, 1.54) is 0 Å². The molecule has 0 radical (unpaired) electrons. The van der Waals surface area contributed by atoms with Crippen molar-refractivity contribution >= 4 is 5.95 Å². The quantitative estimate of drug-likeness (QED) is 0.576. The maximum atomic E-state index is 12.2. The van der Waals surface area contributed by atoms with Crippen LogP contribution in [0.5, 0.6) is 0 Å². The summed E-state index contributed by atoms with van der Waals surface area (Å²) in [6.07, 6.45) is 2.28. The molecule has 0 saturated heterocycles. The summed E-state index contributed by atoms with van der Waals surface area (Å²) in [5, 5.41) is 0. The largest absolute Gasteiger partial charge is 0.347 e. The first-order valence-corrected chi connectivity index (χ1v) is 2.85. The summed E-state index contributed by atoms with van der Waals surface area (Å²) in [5.74, 6) is 0.104. The third-order valence-electron chi connectivity index (χ3n) is 1.01. The van der Waals surface area contributed by atoms with E-state index < -0.39 is 5.82 Å². The molecule has 0 saturated carbocycles. The van der Waals surface area contributed by atoms with E-state index in [-0.39, 0.29) is 0 Å². The van der Waals surface area contributed by atoms with E-state index in [4.69, 9.17) is 0 Å². The first kappa shape index (κ1) is 6.92. The molecule has 0 bridgehead atoms. The second kappa shape index (κ2) is 2.60. The Morgan fingerprint density at radius 1 is 1.30 bits per heavy atom. The smallest absolute Gasteiger partial charge is 0.224 e. The average molecular weight is 141 g/mol. The number of nitrogens with zero attached hydrogens (tertiary/aromatic N) is 3. The Bertz CT molecular complexity index is 207. The van der Waals surface area contributed by atoms with Gasteiger partial charge in [0.25, 0.3) is 0 Å². The van der Waals surface area contributed by atoms with Crippen LogP contribution in [0.25, 0.3) is 0 Å². The number of hydrogen-bond donors (Lipinski definition) is 0. The van der Waals surface area contributed by atoms with Crippen LogP contribution in [0.3, 0.4) is 0 Å². The molecule has 0 aromatic carbocycles. The lowest BCUT2D eigenvalue weighted by molar-refractivity contribution is 0.613. The van der Waals surface area contributed by atoms with Crippen molar-refractivity contribution in [3.8, 4) is 0 Å². The highest BCUT2D eigenvalue weighted by atomic mass is 19.1. The van der Waals surface area contributed by atoms with Crippen molar-refractivity contribution in [1.29, 1.82) is 0 Å². The van der Waals surface area contributed by atoms with Gasteiger partial charge in [-0.1, -0.05) is 0 Å². The highest BCUT2D eigenvalue weighted by Gasteiger charge is 1.96. The van der Waals surface area contributed by atoms with Gasteiger partial charge in [-0.05, 0) is 0 Å². The van der Waals surface area contributed by atoms with Gasteiger partial charge in [0.05, 0.1) is 12.4 Å². The van der Waals surface area contributed by atoms with E-state index in [2.05, 4.69) is 9.97 Å². The van der Waals surface area contributed by atoms with Crippen molar-refractivity contribution in [2.75, 3.05) is 19.0 Å². The fourth-order valence-electron chi connectivity index (χ4n) is 0.536. The molecule has 1 rings (SSSR count). The van der Waals surface area contributed by atoms with Crippen LogP contribution in [0.15, 0.2) is 12.4 Å². The fraction of sp³-hybridized carbons (Fsp3) is 0.333. The van der Waals surface area contributed by atoms with Crippen molar-refractivity contribution in [3.05, 3.63) is 18.2 Å². The van der Waals surface area contributed by atoms with Gasteiger partial charge in [-0.15, -0.1) is 0 Å². The van der Waals surface area contributed by atoms with Gasteiger partial charge in [0.2, 0.25) is 5.95 Å². The van der Waals surface area contributed by atoms with Crippen LogP contribution >= 0.6 is 0 Å². The molecule has 0 fully saturated rings. The molecule has 0 aliphatic carbocycles. The Morgan fingerprint density at radius 2 is 1.80 bits per heavy atom. The summed E-state index contributed by atoms with van der Waals surface area (Å²) in [6.45, 7) is 0. The van der Waals surface area contributed by atoms with Crippen molar-refractivity contribution in [2.45, 2.75) is 0 Å². The second-order valence-corrected chi connectivity index (χ2v) is 2.10. The SMILES string of the molecule is CN(C)c1ncc(F)cn1.